The molecule has 2 nitrogen and oxygen atoms in total. The maximum atomic E-state index is 11.1. The molecular formula is C21H25ClO2. The normalized spacial score (nSPS) is 12.0. The van der Waals surface area contributed by atoms with Crippen LogP contribution in [-0.4, -0.2) is 11.3 Å². The third-order valence-corrected chi connectivity index (χ3v) is 4.32. The van der Waals surface area contributed by atoms with Crippen molar-refractivity contribution in [1.82, 2.24) is 0 Å². The second kappa shape index (κ2) is 9.48. The monoisotopic (exact) mass is 344 g/mol. The average Bonchev–Trinajstić information content (AvgIpc) is 2.59. The number of hydrogen-bond donors (Lipinski definition) is 0. The second-order valence-corrected chi connectivity index (χ2v) is 6.50. The van der Waals surface area contributed by atoms with Crippen LogP contribution in [-0.2, 0) is 0 Å². The van der Waals surface area contributed by atoms with Crippen molar-refractivity contribution in [2.24, 2.45) is 0 Å². The van der Waals surface area contributed by atoms with Crippen molar-refractivity contribution < 1.29 is 9.53 Å². The lowest BCUT2D eigenvalue weighted by atomic mass is 10.0. The zero-order valence-corrected chi connectivity index (χ0v) is 15.2. The zero-order chi connectivity index (χ0) is 17.4. The Kier molecular flexibility index (Phi) is 7.33. The quantitative estimate of drug-likeness (QED) is 0.385. The van der Waals surface area contributed by atoms with Gasteiger partial charge in [-0.25, -0.2) is 0 Å². The van der Waals surface area contributed by atoms with Gasteiger partial charge in [0.05, 0.1) is 6.10 Å². The molecule has 1 atom stereocenters. The molecule has 24 heavy (non-hydrogen) atoms. The lowest BCUT2D eigenvalue weighted by molar-refractivity contribution is 0.108. The summed E-state index contributed by atoms with van der Waals surface area (Å²) in [4.78, 5) is 11.1. The molecule has 2 aromatic carbocycles. The fraction of sp³-hybridized carbons (Fsp3) is 0.381. The van der Waals surface area contributed by atoms with Crippen molar-refractivity contribution >= 4 is 16.8 Å². The van der Waals surface area contributed by atoms with Gasteiger partial charge in [0.1, 0.15) is 5.75 Å². The Balaban J connectivity index is 1.91. The van der Waals surface area contributed by atoms with Gasteiger partial charge in [0.25, 0.3) is 5.24 Å². The predicted molar refractivity (Wildman–Crippen MR) is 101 cm³/mol. The van der Waals surface area contributed by atoms with Crippen LogP contribution in [0.5, 0.6) is 5.75 Å². The number of benzene rings is 2. The van der Waals surface area contributed by atoms with E-state index < -0.39 is 5.24 Å². The van der Waals surface area contributed by atoms with E-state index in [9.17, 15) is 4.79 Å². The maximum absolute atomic E-state index is 11.1. The molecule has 0 unspecified atom stereocenters. The van der Waals surface area contributed by atoms with Crippen molar-refractivity contribution in [2.75, 3.05) is 0 Å². The van der Waals surface area contributed by atoms with E-state index in [0.29, 0.717) is 5.56 Å². The van der Waals surface area contributed by atoms with E-state index in [2.05, 4.69) is 13.8 Å². The Labute approximate surface area is 149 Å². The van der Waals surface area contributed by atoms with Gasteiger partial charge in [-0.2, -0.15) is 0 Å². The molecular weight excluding hydrogens is 320 g/mol. The third kappa shape index (κ3) is 5.68. The van der Waals surface area contributed by atoms with Gasteiger partial charge in [-0.3, -0.25) is 4.79 Å². The lowest BCUT2D eigenvalue weighted by Gasteiger charge is -2.15. The van der Waals surface area contributed by atoms with Crippen molar-refractivity contribution in [3.8, 4) is 16.9 Å². The summed E-state index contributed by atoms with van der Waals surface area (Å²) in [5.41, 5.74) is 2.65. The van der Waals surface area contributed by atoms with Crippen LogP contribution in [0.15, 0.2) is 48.5 Å². The van der Waals surface area contributed by atoms with Crippen LogP contribution < -0.4 is 4.74 Å². The Morgan fingerprint density at radius 3 is 2.08 bits per heavy atom. The Morgan fingerprint density at radius 1 is 0.958 bits per heavy atom. The van der Waals surface area contributed by atoms with Crippen molar-refractivity contribution in [3.05, 3.63) is 54.1 Å². The first kappa shape index (κ1) is 18.5. The van der Waals surface area contributed by atoms with E-state index in [1.165, 1.54) is 25.7 Å². The zero-order valence-electron chi connectivity index (χ0n) is 14.4. The lowest BCUT2D eigenvalue weighted by Crippen LogP contribution is -2.11. The molecule has 0 saturated carbocycles. The fourth-order valence-electron chi connectivity index (χ4n) is 2.67. The first-order chi connectivity index (χ1) is 11.6. The van der Waals surface area contributed by atoms with Gasteiger partial charge in [-0.05, 0) is 66.8 Å². The molecule has 0 aliphatic carbocycles. The molecule has 0 fully saturated rings. The molecule has 0 amide bonds. The van der Waals surface area contributed by atoms with E-state index in [-0.39, 0.29) is 6.10 Å². The minimum atomic E-state index is -0.432. The Morgan fingerprint density at radius 2 is 1.54 bits per heavy atom. The molecule has 2 rings (SSSR count). The number of carbonyl (C=O) groups excluding carboxylic acids is 1. The third-order valence-electron chi connectivity index (χ3n) is 4.10. The highest BCUT2D eigenvalue weighted by molar-refractivity contribution is 6.67. The van der Waals surface area contributed by atoms with Crippen LogP contribution in [0.25, 0.3) is 11.1 Å². The predicted octanol–water partition coefficient (Wildman–Crippen LogP) is 6.47. The van der Waals surface area contributed by atoms with Crippen LogP contribution in [0.1, 0.15) is 56.3 Å². The highest BCUT2D eigenvalue weighted by Gasteiger charge is 2.06. The summed E-state index contributed by atoms with van der Waals surface area (Å²) in [5.74, 6) is 0.897. The number of carbonyl (C=O) groups is 1. The van der Waals surface area contributed by atoms with Crippen LogP contribution in [0.4, 0.5) is 0 Å². The largest absolute Gasteiger partial charge is 0.491 e. The molecule has 2 aromatic rings. The van der Waals surface area contributed by atoms with E-state index in [0.717, 1.165) is 23.3 Å². The molecule has 0 aliphatic heterocycles. The number of rotatable bonds is 9. The van der Waals surface area contributed by atoms with Gasteiger partial charge >= 0.3 is 0 Å². The molecule has 0 N–H and O–H groups in total. The second-order valence-electron chi connectivity index (χ2n) is 6.15. The number of halogens is 1. The standard InChI is InChI=1S/C21H25ClO2/c1-3-4-5-6-7-16(2)24-20-14-12-18(13-15-20)17-8-10-19(11-9-17)21(22)23/h8-16H,3-7H2,1-2H3/t16-/m1/s1. The maximum Gasteiger partial charge on any atom is 0.252 e. The molecule has 128 valence electrons. The number of unbranched alkanes of at least 4 members (excludes halogenated alkanes) is 3. The molecule has 0 aliphatic rings. The van der Waals surface area contributed by atoms with E-state index in [1.54, 1.807) is 12.1 Å². The van der Waals surface area contributed by atoms with Gasteiger partial charge < -0.3 is 4.74 Å². The van der Waals surface area contributed by atoms with E-state index >= 15 is 0 Å². The van der Waals surface area contributed by atoms with Crippen LogP contribution in [0.2, 0.25) is 0 Å². The highest BCUT2D eigenvalue weighted by Crippen LogP contribution is 2.24. The molecule has 0 aromatic heterocycles. The average molecular weight is 345 g/mol. The molecule has 3 heteroatoms. The van der Waals surface area contributed by atoms with Gasteiger partial charge in [-0.1, -0.05) is 50.5 Å². The molecule has 0 saturated heterocycles. The smallest absolute Gasteiger partial charge is 0.252 e. The minimum absolute atomic E-state index is 0.238. The van der Waals surface area contributed by atoms with Gasteiger partial charge in [0.15, 0.2) is 0 Å². The summed E-state index contributed by atoms with van der Waals surface area (Å²) < 4.78 is 5.97. The van der Waals surface area contributed by atoms with Crippen molar-refractivity contribution in [3.63, 3.8) is 0 Å². The number of ether oxygens (including phenoxy) is 1. The summed E-state index contributed by atoms with van der Waals surface area (Å²) in [6, 6.07) is 15.4. The van der Waals surface area contributed by atoms with Crippen molar-refractivity contribution in [1.29, 1.82) is 0 Å². The Bertz CT molecular complexity index is 632. The summed E-state index contributed by atoms with van der Waals surface area (Å²) in [5, 5.41) is -0.432. The van der Waals surface area contributed by atoms with E-state index in [1.807, 2.05) is 36.4 Å². The SMILES string of the molecule is CCCCCC[C@@H](C)Oc1ccc(-c2ccc(C(=O)Cl)cc2)cc1. The fourth-order valence-corrected chi connectivity index (χ4v) is 2.80. The first-order valence-electron chi connectivity index (χ1n) is 8.67. The molecule has 0 radical (unpaired) electrons. The van der Waals surface area contributed by atoms with Gasteiger partial charge in [0, 0.05) is 5.56 Å². The van der Waals surface area contributed by atoms with Crippen LogP contribution in [0, 0.1) is 0 Å². The Hall–Kier alpha value is -1.80. The van der Waals surface area contributed by atoms with Crippen molar-refractivity contribution in [2.45, 2.75) is 52.1 Å². The molecule has 0 heterocycles. The summed E-state index contributed by atoms with van der Waals surface area (Å²) in [6.07, 6.45) is 6.40. The minimum Gasteiger partial charge on any atom is -0.491 e. The van der Waals surface area contributed by atoms with Gasteiger partial charge in [-0.15, -0.1) is 0 Å². The topological polar surface area (TPSA) is 26.3 Å². The highest BCUT2D eigenvalue weighted by atomic mass is 35.5. The van der Waals surface area contributed by atoms with Crippen LogP contribution >= 0.6 is 11.6 Å². The molecule has 0 bridgehead atoms. The first-order valence-corrected chi connectivity index (χ1v) is 9.05. The van der Waals surface area contributed by atoms with Gasteiger partial charge in [0.2, 0.25) is 0 Å². The van der Waals surface area contributed by atoms with Crippen LogP contribution in [0.3, 0.4) is 0 Å². The summed E-state index contributed by atoms with van der Waals surface area (Å²) >= 11 is 5.47. The van der Waals surface area contributed by atoms with E-state index in [4.69, 9.17) is 16.3 Å². The molecule has 0 spiro atoms. The summed E-state index contributed by atoms with van der Waals surface area (Å²) in [7, 11) is 0. The summed E-state index contributed by atoms with van der Waals surface area (Å²) in [6.45, 7) is 4.35. The number of hydrogen-bond acceptors (Lipinski definition) is 2.